The van der Waals surface area contributed by atoms with Crippen LogP contribution in [0, 0.1) is 23.5 Å². The summed E-state index contributed by atoms with van der Waals surface area (Å²) in [7, 11) is 2.10. The van der Waals surface area contributed by atoms with Gasteiger partial charge in [-0.15, -0.1) is 0 Å². The van der Waals surface area contributed by atoms with Crippen molar-refractivity contribution < 1.29 is 23.0 Å². The number of fused-ring (bicyclic) bond motifs is 4. The summed E-state index contributed by atoms with van der Waals surface area (Å²) in [5.74, 6) is 0.558. The number of anilines is 1. The van der Waals surface area contributed by atoms with Crippen molar-refractivity contribution in [3.05, 3.63) is 53.2 Å². The lowest BCUT2D eigenvalue weighted by molar-refractivity contribution is 0.0193. The second-order valence-corrected chi connectivity index (χ2v) is 14.4. The summed E-state index contributed by atoms with van der Waals surface area (Å²) < 4.78 is 43.1. The molecular weight excluding hydrogens is 614 g/mol. The fourth-order valence-electron chi connectivity index (χ4n) is 7.61. The highest BCUT2D eigenvalue weighted by atomic mass is 35.5. The number of rotatable bonds is 5. The van der Waals surface area contributed by atoms with Crippen LogP contribution in [0.15, 0.2) is 36.5 Å². The summed E-state index contributed by atoms with van der Waals surface area (Å²) >= 11 is 6.40. The van der Waals surface area contributed by atoms with Crippen LogP contribution in [0.1, 0.15) is 33.6 Å². The van der Waals surface area contributed by atoms with E-state index in [0.29, 0.717) is 59.1 Å². The Morgan fingerprint density at radius 1 is 1.11 bits per heavy atom. The van der Waals surface area contributed by atoms with E-state index in [1.165, 1.54) is 12.5 Å². The van der Waals surface area contributed by atoms with Crippen LogP contribution in [0.5, 0.6) is 6.01 Å². The van der Waals surface area contributed by atoms with Gasteiger partial charge in [-0.3, -0.25) is 9.88 Å². The van der Waals surface area contributed by atoms with Crippen molar-refractivity contribution in [1.82, 2.24) is 24.8 Å². The van der Waals surface area contributed by atoms with Crippen molar-refractivity contribution in [2.24, 2.45) is 11.8 Å². The maximum atomic E-state index is 16.7. The average Bonchev–Trinajstić information content (AvgIpc) is 3.56. The smallest absolute Gasteiger partial charge is 0.410 e. The minimum Gasteiger partial charge on any atom is -0.462 e. The molecule has 0 unspecified atom stereocenters. The first-order valence-electron chi connectivity index (χ1n) is 15.8. The van der Waals surface area contributed by atoms with E-state index in [2.05, 4.69) is 26.8 Å². The van der Waals surface area contributed by atoms with Crippen LogP contribution in [0.4, 0.5) is 19.4 Å². The molecule has 0 N–H and O–H groups in total. The third-order valence-electron chi connectivity index (χ3n) is 9.97. The highest BCUT2D eigenvalue weighted by molar-refractivity contribution is 6.36. The van der Waals surface area contributed by atoms with E-state index in [0.717, 1.165) is 13.0 Å². The molecule has 4 aliphatic rings. The molecule has 1 amide bonds. The van der Waals surface area contributed by atoms with Gasteiger partial charge in [-0.25, -0.2) is 13.6 Å². The number of aromatic nitrogens is 3. The Kier molecular flexibility index (Phi) is 6.81. The van der Waals surface area contributed by atoms with E-state index in [9.17, 15) is 9.18 Å². The molecule has 240 valence electrons. The lowest BCUT2D eigenvalue weighted by Crippen LogP contribution is -2.63. The Morgan fingerprint density at radius 2 is 1.93 bits per heavy atom. The molecule has 3 saturated heterocycles. The molecule has 0 radical (unpaired) electrons. The van der Waals surface area contributed by atoms with Crippen molar-refractivity contribution in [2.45, 2.75) is 57.3 Å². The summed E-state index contributed by atoms with van der Waals surface area (Å²) in [6.45, 7) is 8.07. The van der Waals surface area contributed by atoms with Crippen LogP contribution in [0.3, 0.4) is 0 Å². The van der Waals surface area contributed by atoms with E-state index in [1.807, 2.05) is 20.8 Å². The Bertz CT molecular complexity index is 1900. The van der Waals surface area contributed by atoms with E-state index in [4.69, 9.17) is 26.1 Å². The normalized spacial score (nSPS) is 25.5. The van der Waals surface area contributed by atoms with Crippen LogP contribution in [0.2, 0.25) is 5.02 Å². The molecule has 5 heterocycles. The second kappa shape index (κ2) is 10.6. The number of likely N-dealkylation sites (tertiary alicyclic amines) is 2. The van der Waals surface area contributed by atoms with Crippen molar-refractivity contribution in [1.29, 1.82) is 0 Å². The largest absolute Gasteiger partial charge is 0.462 e. The molecular formula is C34H35ClF2N6O3. The minimum absolute atomic E-state index is 0.0102. The number of carbonyl (C=O) groups is 1. The maximum Gasteiger partial charge on any atom is 0.410 e. The van der Waals surface area contributed by atoms with Gasteiger partial charge in [-0.2, -0.15) is 9.97 Å². The van der Waals surface area contributed by atoms with Crippen molar-refractivity contribution in [3.8, 4) is 17.3 Å². The fourth-order valence-corrected chi connectivity index (χ4v) is 7.88. The Labute approximate surface area is 270 Å². The molecule has 1 saturated carbocycles. The van der Waals surface area contributed by atoms with Gasteiger partial charge in [0, 0.05) is 42.8 Å². The summed E-state index contributed by atoms with van der Waals surface area (Å²) in [5, 5.41) is 1.38. The molecule has 8 rings (SSSR count). The van der Waals surface area contributed by atoms with Gasteiger partial charge in [-0.05, 0) is 63.9 Å². The number of halogens is 3. The molecule has 4 aromatic rings. The van der Waals surface area contributed by atoms with Gasteiger partial charge in [-0.1, -0.05) is 35.9 Å². The monoisotopic (exact) mass is 648 g/mol. The molecule has 2 aromatic carbocycles. The molecule has 5 atom stereocenters. The third kappa shape index (κ3) is 4.81. The fraction of sp³-hybridized carbons (Fsp3) is 0.471. The molecule has 2 aromatic heterocycles. The molecule has 0 spiro atoms. The Balaban J connectivity index is 1.18. The number of hydrogen-bond donors (Lipinski definition) is 0. The third-order valence-corrected chi connectivity index (χ3v) is 10.3. The molecule has 9 nitrogen and oxygen atoms in total. The van der Waals surface area contributed by atoms with Crippen molar-refractivity contribution >= 4 is 45.2 Å². The lowest BCUT2D eigenvalue weighted by Gasteiger charge is -2.47. The van der Waals surface area contributed by atoms with Crippen LogP contribution < -0.4 is 9.64 Å². The number of nitrogens with zero attached hydrogens (tertiary/aromatic N) is 6. The first-order valence-corrected chi connectivity index (χ1v) is 16.2. The standard InChI is InChI=1S/C34H35ClF2N6O3/c1-34(2,3)46-33(44)42-11-10-23-24(42)15-43(23)31-21-13-38-29(19-7-5-6-17-8-9-22(36)27(35)26(17)19)28(37)30(21)39-32(40-31)45-16-25-20-12-18(20)14-41(25)4/h5-9,13,18,20,23-25H,10-12,14-16H2,1-4H3/t18-,20-,23-,24-,25-/m1/s1. The van der Waals surface area contributed by atoms with Crippen LogP contribution >= 0.6 is 11.6 Å². The SMILES string of the molecule is CN1C[C@H]2C[C@H]2[C@H]1COc1nc(N2C[C@@H]3[C@H]2CCN3C(=O)OC(C)(C)C)c2cnc(-c3cccc4ccc(F)c(Cl)c34)c(F)c2n1. The van der Waals surface area contributed by atoms with E-state index in [1.54, 1.807) is 35.4 Å². The summed E-state index contributed by atoms with van der Waals surface area (Å²) in [6, 6.07) is 8.41. The summed E-state index contributed by atoms with van der Waals surface area (Å²) in [6.07, 6.45) is 3.14. The second-order valence-electron chi connectivity index (χ2n) is 14.0. The van der Waals surface area contributed by atoms with Gasteiger partial charge in [0.25, 0.3) is 0 Å². The number of amides is 1. The van der Waals surface area contributed by atoms with Gasteiger partial charge >= 0.3 is 12.1 Å². The van der Waals surface area contributed by atoms with Crippen LogP contribution in [0.25, 0.3) is 32.9 Å². The highest BCUT2D eigenvalue weighted by Crippen LogP contribution is 2.49. The van der Waals surface area contributed by atoms with Gasteiger partial charge < -0.3 is 19.3 Å². The first kappa shape index (κ1) is 29.6. The maximum absolute atomic E-state index is 16.7. The number of likely N-dealkylation sites (N-methyl/N-ethyl adjacent to an activating group) is 1. The highest BCUT2D eigenvalue weighted by Gasteiger charge is 2.52. The number of piperidine rings is 1. The Hall–Kier alpha value is -3.83. The summed E-state index contributed by atoms with van der Waals surface area (Å²) in [5.41, 5.74) is -0.160. The predicted octanol–water partition coefficient (Wildman–Crippen LogP) is 6.30. The molecule has 46 heavy (non-hydrogen) atoms. The first-order chi connectivity index (χ1) is 22.0. The van der Waals surface area contributed by atoms with Gasteiger partial charge in [0.1, 0.15) is 35.1 Å². The van der Waals surface area contributed by atoms with Crippen LogP contribution in [-0.4, -0.2) is 87.9 Å². The zero-order valence-corrected chi connectivity index (χ0v) is 26.9. The number of benzene rings is 2. The Morgan fingerprint density at radius 3 is 2.70 bits per heavy atom. The number of pyridine rings is 1. The predicted molar refractivity (Wildman–Crippen MR) is 171 cm³/mol. The number of ether oxygens (including phenoxy) is 2. The number of carbonyl (C=O) groups excluding carboxylic acids is 1. The molecule has 3 aliphatic heterocycles. The molecule has 0 bridgehead atoms. The molecule has 12 heteroatoms. The van der Waals surface area contributed by atoms with E-state index < -0.39 is 17.2 Å². The van der Waals surface area contributed by atoms with Crippen LogP contribution in [-0.2, 0) is 4.74 Å². The van der Waals surface area contributed by atoms with E-state index in [-0.39, 0.29) is 46.5 Å². The van der Waals surface area contributed by atoms with Gasteiger partial charge in [0.2, 0.25) is 0 Å². The van der Waals surface area contributed by atoms with Crippen molar-refractivity contribution in [3.63, 3.8) is 0 Å². The topological polar surface area (TPSA) is 83.9 Å². The van der Waals surface area contributed by atoms with Gasteiger partial charge in [0.15, 0.2) is 5.82 Å². The lowest BCUT2D eigenvalue weighted by atomic mass is 9.96. The quantitative estimate of drug-likeness (QED) is 0.249. The number of hydrogen-bond acceptors (Lipinski definition) is 8. The molecule has 4 fully saturated rings. The van der Waals surface area contributed by atoms with Crippen molar-refractivity contribution in [2.75, 3.05) is 38.2 Å². The zero-order chi connectivity index (χ0) is 32.1. The van der Waals surface area contributed by atoms with E-state index >= 15 is 4.39 Å². The van der Waals surface area contributed by atoms with Gasteiger partial charge in [0.05, 0.1) is 22.5 Å². The minimum atomic E-state index is -0.669. The average molecular weight is 649 g/mol. The zero-order valence-electron chi connectivity index (χ0n) is 26.1. The summed E-state index contributed by atoms with van der Waals surface area (Å²) in [4.78, 5) is 33.0. The molecule has 1 aliphatic carbocycles.